The fourth-order valence-electron chi connectivity index (χ4n) is 2.83. The van der Waals surface area contributed by atoms with Gasteiger partial charge in [-0.3, -0.25) is 0 Å². The SMILES string of the molecule is CCNC(=NCc1cc(-c2ccc(OC)cc2)cs1)NCC(C)(O)c1ccco1.I. The molecular formula is C22H28IN3O3S. The minimum Gasteiger partial charge on any atom is -0.497 e. The van der Waals surface area contributed by atoms with Crippen LogP contribution in [0.5, 0.6) is 5.75 Å². The van der Waals surface area contributed by atoms with Crippen molar-refractivity contribution in [2.45, 2.75) is 26.0 Å². The molecule has 0 saturated heterocycles. The number of thiophene rings is 1. The quantitative estimate of drug-likeness (QED) is 0.221. The topological polar surface area (TPSA) is 79.0 Å². The smallest absolute Gasteiger partial charge is 0.191 e. The van der Waals surface area contributed by atoms with Crippen molar-refractivity contribution in [2.75, 3.05) is 20.2 Å². The summed E-state index contributed by atoms with van der Waals surface area (Å²) in [4.78, 5) is 5.80. The zero-order valence-corrected chi connectivity index (χ0v) is 20.5. The summed E-state index contributed by atoms with van der Waals surface area (Å²) in [5.74, 6) is 2.02. The maximum absolute atomic E-state index is 10.6. The van der Waals surface area contributed by atoms with Crippen molar-refractivity contribution in [3.8, 4) is 16.9 Å². The molecule has 8 heteroatoms. The van der Waals surface area contributed by atoms with E-state index in [-0.39, 0.29) is 30.5 Å². The summed E-state index contributed by atoms with van der Waals surface area (Å²) < 4.78 is 10.5. The fraction of sp³-hybridized carbons (Fsp3) is 0.318. The lowest BCUT2D eigenvalue weighted by atomic mass is 10.0. The van der Waals surface area contributed by atoms with Crippen molar-refractivity contribution in [1.82, 2.24) is 10.6 Å². The summed E-state index contributed by atoms with van der Waals surface area (Å²) in [7, 11) is 1.67. The molecule has 2 aromatic heterocycles. The number of furan rings is 1. The van der Waals surface area contributed by atoms with Gasteiger partial charge in [0.05, 0.1) is 26.5 Å². The summed E-state index contributed by atoms with van der Waals surface area (Å²) >= 11 is 1.68. The first-order chi connectivity index (χ1) is 14.0. The van der Waals surface area contributed by atoms with Crippen LogP contribution in [0, 0.1) is 0 Å². The lowest BCUT2D eigenvalue weighted by Crippen LogP contribution is -2.44. The van der Waals surface area contributed by atoms with Crippen LogP contribution in [0.4, 0.5) is 0 Å². The predicted molar refractivity (Wildman–Crippen MR) is 133 cm³/mol. The number of methoxy groups -OCH3 is 1. The molecule has 0 bridgehead atoms. The van der Waals surface area contributed by atoms with Crippen molar-refractivity contribution < 1.29 is 14.3 Å². The monoisotopic (exact) mass is 541 g/mol. The molecule has 30 heavy (non-hydrogen) atoms. The van der Waals surface area contributed by atoms with E-state index in [9.17, 15) is 5.11 Å². The molecule has 3 aromatic rings. The summed E-state index contributed by atoms with van der Waals surface area (Å²) in [6, 6.07) is 13.7. The van der Waals surface area contributed by atoms with E-state index < -0.39 is 5.60 Å². The molecule has 0 amide bonds. The summed E-state index contributed by atoms with van der Waals surface area (Å²) in [6.07, 6.45) is 1.56. The molecule has 2 heterocycles. The average Bonchev–Trinajstić information content (AvgIpc) is 3.43. The van der Waals surface area contributed by atoms with Gasteiger partial charge in [0.15, 0.2) is 5.96 Å². The molecule has 0 aliphatic carbocycles. The van der Waals surface area contributed by atoms with Gasteiger partial charge < -0.3 is 24.9 Å². The Morgan fingerprint density at radius 2 is 1.97 bits per heavy atom. The molecule has 0 radical (unpaired) electrons. The molecule has 0 aliphatic rings. The van der Waals surface area contributed by atoms with E-state index in [0.29, 0.717) is 18.3 Å². The molecule has 162 valence electrons. The molecular weight excluding hydrogens is 513 g/mol. The summed E-state index contributed by atoms with van der Waals surface area (Å²) in [6.45, 7) is 5.29. The maximum atomic E-state index is 10.6. The average molecular weight is 541 g/mol. The minimum absolute atomic E-state index is 0. The number of rotatable bonds is 8. The molecule has 3 N–H and O–H groups in total. The van der Waals surface area contributed by atoms with Crippen molar-refractivity contribution >= 4 is 41.3 Å². The third kappa shape index (κ3) is 6.48. The third-order valence-corrected chi connectivity index (χ3v) is 5.39. The minimum atomic E-state index is -1.12. The number of nitrogens with one attached hydrogen (secondary N) is 2. The second kappa shape index (κ2) is 11.4. The first-order valence-electron chi connectivity index (χ1n) is 9.52. The van der Waals surface area contributed by atoms with E-state index in [2.05, 4.69) is 39.2 Å². The van der Waals surface area contributed by atoms with Crippen LogP contribution in [0.25, 0.3) is 11.1 Å². The standard InChI is InChI=1S/C22H27N3O3S.HI/c1-4-23-21(25-15-22(2,26)20-6-5-11-28-20)24-13-19-12-17(14-29-19)16-7-9-18(27-3)10-8-16;/h5-12,14,26H,4,13,15H2,1-3H3,(H2,23,24,25);1H. The number of hydrogen-bond donors (Lipinski definition) is 3. The zero-order chi connectivity index (χ0) is 20.7. The molecule has 3 rings (SSSR count). The Hall–Kier alpha value is -2.04. The number of halogens is 1. The van der Waals surface area contributed by atoms with Crippen LogP contribution in [-0.4, -0.2) is 31.3 Å². The van der Waals surface area contributed by atoms with Crippen LogP contribution in [0.15, 0.2) is 63.5 Å². The van der Waals surface area contributed by atoms with Gasteiger partial charge in [0.1, 0.15) is 17.1 Å². The van der Waals surface area contributed by atoms with Crippen LogP contribution in [0.2, 0.25) is 0 Å². The van der Waals surface area contributed by atoms with Crippen molar-refractivity contribution in [3.63, 3.8) is 0 Å². The van der Waals surface area contributed by atoms with Gasteiger partial charge >= 0.3 is 0 Å². The summed E-state index contributed by atoms with van der Waals surface area (Å²) in [5.41, 5.74) is 1.20. The Kier molecular flexibility index (Phi) is 9.19. The Balaban J connectivity index is 0.00000320. The van der Waals surface area contributed by atoms with Gasteiger partial charge in [-0.2, -0.15) is 0 Å². The van der Waals surface area contributed by atoms with Gasteiger partial charge in [0, 0.05) is 11.4 Å². The molecule has 0 fully saturated rings. The maximum Gasteiger partial charge on any atom is 0.191 e. The lowest BCUT2D eigenvalue weighted by Gasteiger charge is -2.22. The highest BCUT2D eigenvalue weighted by Gasteiger charge is 2.26. The Bertz CT molecular complexity index is 922. The molecule has 1 aromatic carbocycles. The lowest BCUT2D eigenvalue weighted by molar-refractivity contribution is 0.0386. The number of ether oxygens (including phenoxy) is 1. The predicted octanol–water partition coefficient (Wildman–Crippen LogP) is 4.60. The molecule has 1 atom stereocenters. The number of aliphatic imine (C=N–C) groups is 1. The van der Waals surface area contributed by atoms with Crippen LogP contribution in [-0.2, 0) is 12.1 Å². The zero-order valence-electron chi connectivity index (χ0n) is 17.3. The second-order valence-corrected chi connectivity index (χ2v) is 7.83. The second-order valence-electron chi connectivity index (χ2n) is 6.83. The largest absolute Gasteiger partial charge is 0.497 e. The first-order valence-corrected chi connectivity index (χ1v) is 10.4. The van der Waals surface area contributed by atoms with Gasteiger partial charge in [0.2, 0.25) is 0 Å². The highest BCUT2D eigenvalue weighted by molar-refractivity contribution is 14.0. The number of benzene rings is 1. The van der Waals surface area contributed by atoms with Gasteiger partial charge in [-0.15, -0.1) is 35.3 Å². The number of hydrogen-bond acceptors (Lipinski definition) is 5. The Morgan fingerprint density at radius 3 is 2.60 bits per heavy atom. The van der Waals surface area contributed by atoms with Crippen LogP contribution in [0.3, 0.4) is 0 Å². The van der Waals surface area contributed by atoms with Gasteiger partial charge in [-0.05, 0) is 60.7 Å². The number of nitrogens with zero attached hydrogens (tertiary/aromatic N) is 1. The van der Waals surface area contributed by atoms with Crippen LogP contribution in [0.1, 0.15) is 24.5 Å². The van der Waals surface area contributed by atoms with Crippen LogP contribution >= 0.6 is 35.3 Å². The van der Waals surface area contributed by atoms with Crippen molar-refractivity contribution in [3.05, 3.63) is 64.7 Å². The van der Waals surface area contributed by atoms with Crippen molar-refractivity contribution in [1.29, 1.82) is 0 Å². The number of guanidine groups is 1. The Labute approximate surface area is 198 Å². The molecule has 0 aliphatic heterocycles. The van der Waals surface area contributed by atoms with Gasteiger partial charge in [-0.1, -0.05) is 12.1 Å². The van der Waals surface area contributed by atoms with E-state index in [1.807, 2.05) is 19.1 Å². The normalized spacial score (nSPS) is 13.3. The fourth-order valence-corrected chi connectivity index (χ4v) is 3.64. The van der Waals surface area contributed by atoms with E-state index in [0.717, 1.165) is 22.7 Å². The molecule has 0 saturated carbocycles. The molecule has 0 spiro atoms. The first kappa shape index (κ1) is 24.2. The third-order valence-electron chi connectivity index (χ3n) is 4.47. The Morgan fingerprint density at radius 1 is 1.20 bits per heavy atom. The van der Waals surface area contributed by atoms with Crippen molar-refractivity contribution in [2.24, 2.45) is 4.99 Å². The van der Waals surface area contributed by atoms with E-state index in [1.54, 1.807) is 43.8 Å². The highest BCUT2D eigenvalue weighted by atomic mass is 127. The highest BCUT2D eigenvalue weighted by Crippen LogP contribution is 2.27. The van der Waals surface area contributed by atoms with E-state index in [1.165, 1.54) is 5.56 Å². The number of aliphatic hydroxyl groups is 1. The molecule has 1 unspecified atom stereocenters. The van der Waals surface area contributed by atoms with E-state index in [4.69, 9.17) is 9.15 Å². The summed E-state index contributed by atoms with van der Waals surface area (Å²) in [5, 5.41) is 19.1. The van der Waals surface area contributed by atoms with Gasteiger partial charge in [-0.25, -0.2) is 4.99 Å². The van der Waals surface area contributed by atoms with E-state index >= 15 is 0 Å². The van der Waals surface area contributed by atoms with Crippen LogP contribution < -0.4 is 15.4 Å². The van der Waals surface area contributed by atoms with Gasteiger partial charge in [0.25, 0.3) is 0 Å². The molecule has 6 nitrogen and oxygen atoms in total.